The van der Waals surface area contributed by atoms with Gasteiger partial charge in [0.05, 0.1) is 0 Å². The van der Waals surface area contributed by atoms with Gasteiger partial charge in [0.25, 0.3) is 0 Å². The van der Waals surface area contributed by atoms with Crippen molar-refractivity contribution >= 4 is 29.0 Å². The molecule has 1 aromatic carbocycles. The Kier molecular flexibility index (Phi) is 5.81. The lowest BCUT2D eigenvalue weighted by Gasteiger charge is -2.27. The number of rotatable bonds is 5. The SMILES string of the molecule is CSc1nc(C)c(CCC(=O)Nc2ccc3c(c2)CCCN3C)c(C)n1. The van der Waals surface area contributed by atoms with Crippen LogP contribution in [0.25, 0.3) is 0 Å². The zero-order chi connectivity index (χ0) is 18.7. The molecule has 2 heterocycles. The monoisotopic (exact) mass is 370 g/mol. The van der Waals surface area contributed by atoms with E-state index in [-0.39, 0.29) is 5.91 Å². The number of anilines is 2. The van der Waals surface area contributed by atoms with Crippen LogP contribution in [0.15, 0.2) is 23.4 Å². The van der Waals surface area contributed by atoms with E-state index in [2.05, 4.69) is 39.4 Å². The standard InChI is InChI=1S/C20H26N4OS/c1-13-17(14(2)22-20(21-13)26-4)8-10-19(25)23-16-7-9-18-15(12-16)6-5-11-24(18)3/h7,9,12H,5-6,8,10-11H2,1-4H3,(H,23,25). The quantitative estimate of drug-likeness (QED) is 0.641. The Morgan fingerprint density at radius 1 is 1.27 bits per heavy atom. The van der Waals surface area contributed by atoms with Crippen molar-refractivity contribution in [1.29, 1.82) is 0 Å². The van der Waals surface area contributed by atoms with Crippen molar-refractivity contribution in [1.82, 2.24) is 9.97 Å². The third kappa shape index (κ3) is 4.18. The maximum Gasteiger partial charge on any atom is 0.224 e. The normalized spacial score (nSPS) is 13.5. The molecule has 0 atom stereocenters. The van der Waals surface area contributed by atoms with Crippen molar-refractivity contribution in [2.24, 2.45) is 0 Å². The molecule has 0 saturated carbocycles. The molecule has 0 spiro atoms. The van der Waals surface area contributed by atoms with E-state index in [4.69, 9.17) is 0 Å². The predicted octanol–water partition coefficient (Wildman–Crippen LogP) is 3.77. The Hall–Kier alpha value is -2.08. The maximum atomic E-state index is 12.4. The lowest BCUT2D eigenvalue weighted by molar-refractivity contribution is -0.116. The summed E-state index contributed by atoms with van der Waals surface area (Å²) in [5.41, 5.74) is 6.46. The van der Waals surface area contributed by atoms with Gasteiger partial charge in [-0.15, -0.1) is 0 Å². The number of hydrogen-bond acceptors (Lipinski definition) is 5. The summed E-state index contributed by atoms with van der Waals surface area (Å²) in [6, 6.07) is 6.20. The van der Waals surface area contributed by atoms with Crippen LogP contribution in [0.3, 0.4) is 0 Å². The van der Waals surface area contributed by atoms with E-state index in [9.17, 15) is 4.79 Å². The van der Waals surface area contributed by atoms with Crippen molar-refractivity contribution in [3.63, 3.8) is 0 Å². The highest BCUT2D eigenvalue weighted by atomic mass is 32.2. The van der Waals surface area contributed by atoms with Gasteiger partial charge in [-0.05, 0) is 68.7 Å². The molecule has 2 aromatic rings. The number of nitrogens with one attached hydrogen (secondary N) is 1. The van der Waals surface area contributed by atoms with Crippen molar-refractivity contribution < 1.29 is 4.79 Å². The number of aryl methyl sites for hydroxylation is 3. The van der Waals surface area contributed by atoms with Crippen LogP contribution >= 0.6 is 11.8 Å². The van der Waals surface area contributed by atoms with E-state index in [0.717, 1.165) is 47.2 Å². The summed E-state index contributed by atoms with van der Waals surface area (Å²) in [7, 11) is 2.12. The fourth-order valence-electron chi connectivity index (χ4n) is 3.49. The molecule has 1 amide bonds. The molecule has 1 aliphatic heterocycles. The lowest BCUT2D eigenvalue weighted by atomic mass is 10.0. The van der Waals surface area contributed by atoms with E-state index in [1.54, 1.807) is 0 Å². The van der Waals surface area contributed by atoms with E-state index in [0.29, 0.717) is 12.8 Å². The molecule has 0 bridgehead atoms. The predicted molar refractivity (Wildman–Crippen MR) is 108 cm³/mol. The minimum Gasteiger partial charge on any atom is -0.374 e. The molecule has 6 heteroatoms. The molecular weight excluding hydrogens is 344 g/mol. The van der Waals surface area contributed by atoms with Crippen LogP contribution in [0.4, 0.5) is 11.4 Å². The van der Waals surface area contributed by atoms with Crippen molar-refractivity contribution in [3.8, 4) is 0 Å². The largest absolute Gasteiger partial charge is 0.374 e. The molecule has 0 radical (unpaired) electrons. The van der Waals surface area contributed by atoms with Gasteiger partial charge in [-0.1, -0.05) is 11.8 Å². The van der Waals surface area contributed by atoms with Crippen LogP contribution in [0.5, 0.6) is 0 Å². The number of carbonyl (C=O) groups is 1. The molecule has 0 unspecified atom stereocenters. The zero-order valence-electron chi connectivity index (χ0n) is 15.9. The number of thioether (sulfide) groups is 1. The summed E-state index contributed by atoms with van der Waals surface area (Å²) < 4.78 is 0. The van der Waals surface area contributed by atoms with Crippen LogP contribution < -0.4 is 10.2 Å². The van der Waals surface area contributed by atoms with Crippen LogP contribution in [-0.4, -0.2) is 35.7 Å². The Bertz CT molecular complexity index is 798. The Morgan fingerprint density at radius 3 is 2.69 bits per heavy atom. The molecule has 1 aliphatic rings. The fraction of sp³-hybridized carbons (Fsp3) is 0.450. The molecule has 1 aromatic heterocycles. The summed E-state index contributed by atoms with van der Waals surface area (Å²) in [6.07, 6.45) is 5.29. The summed E-state index contributed by atoms with van der Waals surface area (Å²) in [4.78, 5) is 23.6. The highest BCUT2D eigenvalue weighted by molar-refractivity contribution is 7.98. The van der Waals surface area contributed by atoms with Crippen LogP contribution in [-0.2, 0) is 17.6 Å². The zero-order valence-corrected chi connectivity index (χ0v) is 16.7. The molecule has 138 valence electrons. The van der Waals surface area contributed by atoms with Crippen LogP contribution in [0, 0.1) is 13.8 Å². The second-order valence-corrected chi connectivity index (χ2v) is 7.55. The summed E-state index contributed by atoms with van der Waals surface area (Å²) in [5.74, 6) is 0.0295. The minimum absolute atomic E-state index is 0.0295. The van der Waals surface area contributed by atoms with E-state index in [1.165, 1.54) is 23.0 Å². The molecule has 0 saturated heterocycles. The molecule has 1 N–H and O–H groups in total. The number of hydrogen-bond donors (Lipinski definition) is 1. The Balaban J connectivity index is 1.63. The second kappa shape index (κ2) is 8.08. The van der Waals surface area contributed by atoms with Gasteiger partial charge in [-0.2, -0.15) is 0 Å². The smallest absolute Gasteiger partial charge is 0.224 e. The summed E-state index contributed by atoms with van der Waals surface area (Å²) >= 11 is 1.54. The highest BCUT2D eigenvalue weighted by Gasteiger charge is 2.15. The third-order valence-corrected chi connectivity index (χ3v) is 5.45. The topological polar surface area (TPSA) is 58.1 Å². The first-order chi connectivity index (χ1) is 12.5. The van der Waals surface area contributed by atoms with E-state index >= 15 is 0 Å². The number of fused-ring (bicyclic) bond motifs is 1. The summed E-state index contributed by atoms with van der Waals surface area (Å²) in [5, 5.41) is 3.82. The van der Waals surface area contributed by atoms with Crippen LogP contribution in [0.1, 0.15) is 35.4 Å². The number of nitrogens with zero attached hydrogens (tertiary/aromatic N) is 3. The van der Waals surface area contributed by atoms with Crippen molar-refractivity contribution in [2.45, 2.75) is 44.7 Å². The third-order valence-electron chi connectivity index (χ3n) is 4.90. The Morgan fingerprint density at radius 2 is 2.00 bits per heavy atom. The molecule has 5 nitrogen and oxygen atoms in total. The number of carbonyl (C=O) groups excluding carboxylic acids is 1. The van der Waals surface area contributed by atoms with Gasteiger partial charge in [0.1, 0.15) is 0 Å². The first-order valence-electron chi connectivity index (χ1n) is 9.00. The first-order valence-corrected chi connectivity index (χ1v) is 10.2. The van der Waals surface area contributed by atoms with Crippen LogP contribution in [0.2, 0.25) is 0 Å². The Labute approximate surface area is 159 Å². The molecule has 0 fully saturated rings. The van der Waals surface area contributed by atoms with Crippen molar-refractivity contribution in [3.05, 3.63) is 40.7 Å². The first kappa shape index (κ1) is 18.7. The average molecular weight is 371 g/mol. The van der Waals surface area contributed by atoms with Crippen molar-refractivity contribution in [2.75, 3.05) is 30.1 Å². The molecule has 0 aliphatic carbocycles. The van der Waals surface area contributed by atoms with Gasteiger partial charge in [-0.25, -0.2) is 9.97 Å². The van der Waals surface area contributed by atoms with Gasteiger partial charge in [0, 0.05) is 42.8 Å². The summed E-state index contributed by atoms with van der Waals surface area (Å²) in [6.45, 7) is 5.07. The van der Waals surface area contributed by atoms with Gasteiger partial charge in [0.15, 0.2) is 5.16 Å². The van der Waals surface area contributed by atoms with Gasteiger partial charge in [0.2, 0.25) is 5.91 Å². The van der Waals surface area contributed by atoms with E-state index < -0.39 is 0 Å². The maximum absolute atomic E-state index is 12.4. The van der Waals surface area contributed by atoms with Gasteiger partial charge >= 0.3 is 0 Å². The fourth-order valence-corrected chi connectivity index (χ4v) is 3.94. The number of aromatic nitrogens is 2. The minimum atomic E-state index is 0.0295. The molecule has 26 heavy (non-hydrogen) atoms. The highest BCUT2D eigenvalue weighted by Crippen LogP contribution is 2.28. The molecule has 3 rings (SSSR count). The average Bonchev–Trinajstić information content (AvgIpc) is 2.61. The van der Waals surface area contributed by atoms with Gasteiger partial charge < -0.3 is 10.2 Å². The molecular formula is C20H26N4OS. The van der Waals surface area contributed by atoms with Gasteiger partial charge in [-0.3, -0.25) is 4.79 Å². The number of benzene rings is 1. The second-order valence-electron chi connectivity index (χ2n) is 6.78. The van der Waals surface area contributed by atoms with E-state index in [1.807, 2.05) is 26.2 Å². The number of amides is 1. The lowest BCUT2D eigenvalue weighted by Crippen LogP contribution is -2.24.